The van der Waals surface area contributed by atoms with Crippen LogP contribution in [0.4, 0.5) is 36.1 Å². The number of benzene rings is 2. The van der Waals surface area contributed by atoms with E-state index in [-0.39, 0.29) is 23.7 Å². The van der Waals surface area contributed by atoms with E-state index < -0.39 is 11.7 Å². The third-order valence-electron chi connectivity index (χ3n) is 6.37. The summed E-state index contributed by atoms with van der Waals surface area (Å²) in [5, 5.41) is 0. The molecule has 3 aromatic rings. The average molecular weight is 421 g/mol. The van der Waals surface area contributed by atoms with Crippen LogP contribution in [-0.4, -0.2) is 11.1 Å². The minimum absolute atomic E-state index is 0.0309. The maximum Gasteiger partial charge on any atom is 0.418 e. The predicted octanol–water partition coefficient (Wildman–Crippen LogP) is 7.03. The zero-order valence-electron chi connectivity index (χ0n) is 17.1. The fourth-order valence-corrected chi connectivity index (χ4v) is 5.10. The van der Waals surface area contributed by atoms with Crippen molar-refractivity contribution in [3.8, 4) is 0 Å². The number of rotatable bonds is 3. The van der Waals surface area contributed by atoms with Gasteiger partial charge in [-0.25, -0.2) is 4.98 Å². The average Bonchev–Trinajstić information content (AvgIpc) is 3.11. The second-order valence-corrected chi connectivity index (χ2v) is 8.06. The van der Waals surface area contributed by atoms with E-state index in [1.54, 1.807) is 23.2 Å². The number of halogens is 3. The van der Waals surface area contributed by atoms with Gasteiger partial charge in [-0.15, -0.1) is 6.58 Å². The number of nitrogens with zero attached hydrogens (tertiary/aromatic N) is 3. The summed E-state index contributed by atoms with van der Waals surface area (Å²) in [6, 6.07) is 17.7. The van der Waals surface area contributed by atoms with Gasteiger partial charge in [-0.1, -0.05) is 43.3 Å². The summed E-state index contributed by atoms with van der Waals surface area (Å²) in [4.78, 5) is 8.46. The van der Waals surface area contributed by atoms with Crippen molar-refractivity contribution in [2.24, 2.45) is 5.92 Å². The number of aromatic nitrogens is 1. The van der Waals surface area contributed by atoms with Gasteiger partial charge < -0.3 is 9.80 Å². The number of para-hydroxylation sites is 2. The van der Waals surface area contributed by atoms with Crippen LogP contribution in [-0.2, 0) is 6.18 Å². The quantitative estimate of drug-likeness (QED) is 0.424. The molecule has 5 rings (SSSR count). The van der Waals surface area contributed by atoms with Crippen molar-refractivity contribution in [2.75, 3.05) is 9.80 Å². The van der Waals surface area contributed by atoms with Crippen molar-refractivity contribution in [3.05, 3.63) is 90.6 Å². The molecule has 0 N–H and O–H groups in total. The highest BCUT2D eigenvalue weighted by atomic mass is 19.4. The number of hydrogen-bond acceptors (Lipinski definition) is 3. The molecule has 3 nitrogen and oxygen atoms in total. The number of anilines is 4. The van der Waals surface area contributed by atoms with E-state index in [1.807, 2.05) is 36.4 Å². The Bertz CT molecular complexity index is 1140. The SMILES string of the molecule is C=CCC1c2ccccc2N2c3cccnc3N(c3ccccc3C(F)(F)F)C2C1C. The van der Waals surface area contributed by atoms with Gasteiger partial charge in [-0.2, -0.15) is 13.2 Å². The minimum Gasteiger partial charge on any atom is -0.316 e. The molecule has 0 amide bonds. The Labute approximate surface area is 179 Å². The van der Waals surface area contributed by atoms with Gasteiger partial charge in [-0.3, -0.25) is 0 Å². The normalized spacial score (nSPS) is 22.0. The number of alkyl halides is 3. The Hall–Kier alpha value is -3.28. The summed E-state index contributed by atoms with van der Waals surface area (Å²) in [5.74, 6) is 0.721. The zero-order chi connectivity index (χ0) is 21.8. The lowest BCUT2D eigenvalue weighted by Crippen LogP contribution is -2.49. The fourth-order valence-electron chi connectivity index (χ4n) is 5.10. The Balaban J connectivity index is 1.77. The summed E-state index contributed by atoms with van der Waals surface area (Å²) in [6.07, 6.45) is -0.510. The molecule has 0 fully saturated rings. The van der Waals surface area contributed by atoms with Crippen LogP contribution in [0.15, 0.2) is 79.5 Å². The summed E-state index contributed by atoms with van der Waals surface area (Å²) >= 11 is 0. The van der Waals surface area contributed by atoms with Gasteiger partial charge in [-0.05, 0) is 48.2 Å². The molecule has 1 aromatic heterocycles. The second-order valence-electron chi connectivity index (χ2n) is 8.06. The highest BCUT2D eigenvalue weighted by molar-refractivity contribution is 5.88. The van der Waals surface area contributed by atoms with Crippen LogP contribution in [0.25, 0.3) is 0 Å². The molecule has 2 aliphatic heterocycles. The lowest BCUT2D eigenvalue weighted by atomic mass is 9.78. The maximum absolute atomic E-state index is 14.0. The molecular weight excluding hydrogens is 399 g/mol. The molecule has 3 heterocycles. The molecule has 31 heavy (non-hydrogen) atoms. The Kier molecular flexibility index (Phi) is 4.54. The predicted molar refractivity (Wildman–Crippen MR) is 117 cm³/mol. The van der Waals surface area contributed by atoms with Crippen LogP contribution in [0.5, 0.6) is 0 Å². The van der Waals surface area contributed by atoms with E-state index in [4.69, 9.17) is 0 Å². The van der Waals surface area contributed by atoms with Gasteiger partial charge in [0.2, 0.25) is 0 Å². The van der Waals surface area contributed by atoms with E-state index in [2.05, 4.69) is 29.5 Å². The minimum atomic E-state index is -4.46. The van der Waals surface area contributed by atoms with E-state index in [9.17, 15) is 13.2 Å². The first-order chi connectivity index (χ1) is 14.9. The van der Waals surface area contributed by atoms with Crippen molar-refractivity contribution >= 4 is 22.9 Å². The summed E-state index contributed by atoms with van der Waals surface area (Å²) in [6.45, 7) is 6.03. The molecule has 0 spiro atoms. The molecule has 0 saturated heterocycles. The first-order valence-electron chi connectivity index (χ1n) is 10.3. The summed E-state index contributed by atoms with van der Waals surface area (Å²) in [5.41, 5.74) is 2.50. The maximum atomic E-state index is 14.0. The molecule has 0 saturated carbocycles. The lowest BCUT2D eigenvalue weighted by Gasteiger charge is -2.45. The molecule has 0 aliphatic carbocycles. The van der Waals surface area contributed by atoms with Gasteiger partial charge in [0.25, 0.3) is 0 Å². The highest BCUT2D eigenvalue weighted by Crippen LogP contribution is 2.56. The van der Waals surface area contributed by atoms with Gasteiger partial charge >= 0.3 is 6.18 Å². The Morgan fingerprint density at radius 1 is 0.935 bits per heavy atom. The van der Waals surface area contributed by atoms with Crippen LogP contribution in [0.1, 0.15) is 30.4 Å². The molecule has 2 aromatic carbocycles. The Morgan fingerprint density at radius 3 is 2.35 bits per heavy atom. The molecule has 0 radical (unpaired) electrons. The zero-order valence-corrected chi connectivity index (χ0v) is 17.1. The number of allylic oxidation sites excluding steroid dienone is 1. The summed E-state index contributed by atoms with van der Waals surface area (Å²) in [7, 11) is 0. The van der Waals surface area contributed by atoms with Crippen LogP contribution in [0.3, 0.4) is 0 Å². The number of hydrogen-bond donors (Lipinski definition) is 0. The highest BCUT2D eigenvalue weighted by Gasteiger charge is 2.50. The van der Waals surface area contributed by atoms with Gasteiger partial charge in [0.05, 0.1) is 16.9 Å². The fraction of sp³-hybridized carbons (Fsp3) is 0.240. The molecular formula is C25H22F3N3. The van der Waals surface area contributed by atoms with E-state index in [1.165, 1.54) is 11.6 Å². The number of fused-ring (bicyclic) bond motifs is 5. The van der Waals surface area contributed by atoms with Crippen LogP contribution in [0.2, 0.25) is 0 Å². The van der Waals surface area contributed by atoms with E-state index >= 15 is 0 Å². The standard InChI is InChI=1S/C25H22F3N3/c1-3-9-17-16(2)24-30(20-12-6-4-10-18(17)20)22-14-8-15-29-23(22)31(24)21-13-7-5-11-19(21)25(26,27)28/h3-8,10-17,24H,1,9H2,2H3. The van der Waals surface area contributed by atoms with E-state index in [0.717, 1.165) is 23.9 Å². The van der Waals surface area contributed by atoms with Crippen molar-refractivity contribution in [1.82, 2.24) is 4.98 Å². The molecule has 0 bridgehead atoms. The van der Waals surface area contributed by atoms with Crippen molar-refractivity contribution < 1.29 is 13.2 Å². The van der Waals surface area contributed by atoms with Crippen molar-refractivity contribution in [1.29, 1.82) is 0 Å². The first-order valence-corrected chi connectivity index (χ1v) is 10.3. The molecule has 6 heteroatoms. The Morgan fingerprint density at radius 2 is 1.61 bits per heavy atom. The molecule has 158 valence electrons. The van der Waals surface area contributed by atoms with Gasteiger partial charge in [0.15, 0.2) is 5.82 Å². The summed E-state index contributed by atoms with van der Waals surface area (Å²) < 4.78 is 41.9. The topological polar surface area (TPSA) is 19.4 Å². The van der Waals surface area contributed by atoms with Crippen LogP contribution < -0.4 is 9.80 Å². The third-order valence-corrected chi connectivity index (χ3v) is 6.37. The van der Waals surface area contributed by atoms with Crippen molar-refractivity contribution in [3.63, 3.8) is 0 Å². The van der Waals surface area contributed by atoms with Gasteiger partial charge in [0.1, 0.15) is 6.17 Å². The second kappa shape index (κ2) is 7.15. The molecule has 2 aliphatic rings. The third kappa shape index (κ3) is 2.92. The number of pyridine rings is 1. The van der Waals surface area contributed by atoms with Crippen LogP contribution in [0, 0.1) is 5.92 Å². The largest absolute Gasteiger partial charge is 0.418 e. The van der Waals surface area contributed by atoms with Crippen LogP contribution >= 0.6 is 0 Å². The van der Waals surface area contributed by atoms with Gasteiger partial charge in [0, 0.05) is 17.8 Å². The van der Waals surface area contributed by atoms with Crippen molar-refractivity contribution in [2.45, 2.75) is 31.6 Å². The molecule has 3 unspecified atom stereocenters. The smallest absolute Gasteiger partial charge is 0.316 e. The monoisotopic (exact) mass is 421 g/mol. The molecule has 3 atom stereocenters. The lowest BCUT2D eigenvalue weighted by molar-refractivity contribution is -0.137. The van der Waals surface area contributed by atoms with E-state index in [0.29, 0.717) is 5.82 Å². The first kappa shape index (κ1) is 19.7.